The zero-order valence-electron chi connectivity index (χ0n) is 13.9. The minimum absolute atomic E-state index is 0.0777. The van der Waals surface area contributed by atoms with E-state index >= 15 is 0 Å². The third-order valence-electron chi connectivity index (χ3n) is 4.51. The van der Waals surface area contributed by atoms with Crippen LogP contribution in [0.3, 0.4) is 0 Å². The van der Waals surface area contributed by atoms with Crippen molar-refractivity contribution in [2.75, 3.05) is 36.0 Å². The van der Waals surface area contributed by atoms with Crippen LogP contribution in [-0.4, -0.2) is 49.0 Å². The summed E-state index contributed by atoms with van der Waals surface area (Å²) < 4.78 is 0. The van der Waals surface area contributed by atoms with Crippen molar-refractivity contribution in [1.82, 2.24) is 10.6 Å². The zero-order chi connectivity index (χ0) is 16.8. The van der Waals surface area contributed by atoms with Crippen LogP contribution in [0.25, 0.3) is 0 Å². The fourth-order valence-corrected chi connectivity index (χ4v) is 4.20. The number of nitrogens with one attached hydrogen (secondary N) is 2. The molecular formula is C18H25N3O2S. The maximum absolute atomic E-state index is 12.4. The first-order valence-corrected chi connectivity index (χ1v) is 9.85. The number of amides is 2. The van der Waals surface area contributed by atoms with E-state index < -0.39 is 0 Å². The molecule has 0 bridgehead atoms. The lowest BCUT2D eigenvalue weighted by atomic mass is 10.2. The molecule has 2 heterocycles. The van der Waals surface area contributed by atoms with Crippen LogP contribution in [0.2, 0.25) is 0 Å². The number of carbonyl (C=O) groups excluding carboxylic acids is 2. The summed E-state index contributed by atoms with van der Waals surface area (Å²) >= 11 is 1.89. The summed E-state index contributed by atoms with van der Waals surface area (Å²) in [5.41, 5.74) is 2.30. The third-order valence-corrected chi connectivity index (χ3v) is 5.64. The number of fused-ring (bicyclic) bond motifs is 1. The molecule has 2 N–H and O–H groups in total. The zero-order valence-corrected chi connectivity index (χ0v) is 14.7. The molecule has 2 aliphatic rings. The molecule has 0 spiro atoms. The van der Waals surface area contributed by atoms with E-state index in [1.54, 1.807) is 0 Å². The molecule has 1 aromatic carbocycles. The molecular weight excluding hydrogens is 322 g/mol. The van der Waals surface area contributed by atoms with Gasteiger partial charge in [0, 0.05) is 55.7 Å². The molecule has 6 heteroatoms. The average Bonchev–Trinajstić information content (AvgIpc) is 3.03. The van der Waals surface area contributed by atoms with Gasteiger partial charge in [-0.1, -0.05) is 18.2 Å². The molecule has 3 rings (SSSR count). The molecule has 1 fully saturated rings. The first kappa shape index (κ1) is 17.3. The molecule has 2 amide bonds. The van der Waals surface area contributed by atoms with Gasteiger partial charge in [-0.25, -0.2) is 0 Å². The predicted molar refractivity (Wildman–Crippen MR) is 98.5 cm³/mol. The second-order valence-corrected chi connectivity index (χ2v) is 7.46. The molecule has 0 aromatic heterocycles. The number of rotatable bonds is 6. The Hall–Kier alpha value is -1.53. The number of benzene rings is 1. The maximum Gasteiger partial charge on any atom is 0.227 e. The minimum Gasteiger partial charge on any atom is -0.356 e. The number of nitrogens with zero attached hydrogens (tertiary/aromatic N) is 1. The van der Waals surface area contributed by atoms with E-state index in [9.17, 15) is 9.59 Å². The van der Waals surface area contributed by atoms with Gasteiger partial charge in [0.1, 0.15) is 0 Å². The van der Waals surface area contributed by atoms with Crippen LogP contribution in [0, 0.1) is 0 Å². The Morgan fingerprint density at radius 2 is 2.21 bits per heavy atom. The van der Waals surface area contributed by atoms with Crippen molar-refractivity contribution < 1.29 is 9.59 Å². The maximum atomic E-state index is 12.4. The topological polar surface area (TPSA) is 61.4 Å². The van der Waals surface area contributed by atoms with E-state index in [1.165, 1.54) is 5.56 Å². The SMILES string of the molecule is O=C(CC1CSCCN1)NCCCC(=O)N1CCc2ccccc21. The van der Waals surface area contributed by atoms with Gasteiger partial charge >= 0.3 is 0 Å². The first-order valence-electron chi connectivity index (χ1n) is 8.70. The molecule has 2 aliphatic heterocycles. The van der Waals surface area contributed by atoms with Crippen LogP contribution in [0.5, 0.6) is 0 Å². The van der Waals surface area contributed by atoms with Crippen molar-refractivity contribution in [3.8, 4) is 0 Å². The monoisotopic (exact) mass is 347 g/mol. The summed E-state index contributed by atoms with van der Waals surface area (Å²) in [7, 11) is 0. The second kappa shape index (κ2) is 8.53. The Bertz CT molecular complexity index is 587. The number of hydrogen-bond donors (Lipinski definition) is 2. The Kier molecular flexibility index (Phi) is 6.15. The van der Waals surface area contributed by atoms with E-state index in [4.69, 9.17) is 0 Å². The summed E-state index contributed by atoms with van der Waals surface area (Å²) in [5, 5.41) is 6.30. The summed E-state index contributed by atoms with van der Waals surface area (Å²) in [6.45, 7) is 2.32. The van der Waals surface area contributed by atoms with E-state index in [2.05, 4.69) is 16.7 Å². The van der Waals surface area contributed by atoms with Crippen molar-refractivity contribution in [2.45, 2.75) is 31.7 Å². The lowest BCUT2D eigenvalue weighted by Gasteiger charge is -2.22. The van der Waals surface area contributed by atoms with Crippen molar-refractivity contribution >= 4 is 29.3 Å². The number of thioether (sulfide) groups is 1. The molecule has 0 aliphatic carbocycles. The van der Waals surface area contributed by atoms with Crippen molar-refractivity contribution in [3.63, 3.8) is 0 Å². The molecule has 1 aromatic rings. The summed E-state index contributed by atoms with van der Waals surface area (Å²) in [6, 6.07) is 8.37. The fourth-order valence-electron chi connectivity index (χ4n) is 3.25. The largest absolute Gasteiger partial charge is 0.356 e. The van der Waals surface area contributed by atoms with E-state index in [-0.39, 0.29) is 17.9 Å². The van der Waals surface area contributed by atoms with Crippen LogP contribution >= 0.6 is 11.8 Å². The van der Waals surface area contributed by atoms with Gasteiger partial charge in [-0.05, 0) is 24.5 Å². The lowest BCUT2D eigenvalue weighted by Crippen LogP contribution is -2.41. The van der Waals surface area contributed by atoms with Gasteiger partial charge in [0.2, 0.25) is 11.8 Å². The van der Waals surface area contributed by atoms with Crippen LogP contribution < -0.4 is 15.5 Å². The number of para-hydroxylation sites is 1. The Balaban J connectivity index is 1.35. The quantitative estimate of drug-likeness (QED) is 0.767. The first-order chi connectivity index (χ1) is 11.7. The van der Waals surface area contributed by atoms with Gasteiger partial charge in [-0.2, -0.15) is 11.8 Å². The van der Waals surface area contributed by atoms with Gasteiger partial charge in [0.25, 0.3) is 0 Å². The number of carbonyl (C=O) groups is 2. The average molecular weight is 347 g/mol. The van der Waals surface area contributed by atoms with Crippen LogP contribution in [0.1, 0.15) is 24.8 Å². The highest BCUT2D eigenvalue weighted by Gasteiger charge is 2.23. The van der Waals surface area contributed by atoms with Crippen molar-refractivity contribution in [1.29, 1.82) is 0 Å². The van der Waals surface area contributed by atoms with Crippen LogP contribution in [-0.2, 0) is 16.0 Å². The Morgan fingerprint density at radius 1 is 1.33 bits per heavy atom. The molecule has 130 valence electrons. The highest BCUT2D eigenvalue weighted by atomic mass is 32.2. The van der Waals surface area contributed by atoms with E-state index in [1.807, 2.05) is 34.9 Å². The standard InChI is InChI=1S/C18H25N3O2S/c22-17(12-15-13-24-11-9-19-15)20-8-3-6-18(23)21-10-7-14-4-1-2-5-16(14)21/h1-2,4-5,15,19H,3,6-13H2,(H,20,22). The number of anilines is 1. The van der Waals surface area contributed by atoms with Gasteiger partial charge < -0.3 is 15.5 Å². The molecule has 24 heavy (non-hydrogen) atoms. The normalized spacial score (nSPS) is 19.8. The van der Waals surface area contributed by atoms with Gasteiger partial charge in [0.15, 0.2) is 0 Å². The second-order valence-electron chi connectivity index (χ2n) is 6.31. The Morgan fingerprint density at radius 3 is 3.04 bits per heavy atom. The Labute approximate surface area is 147 Å². The highest BCUT2D eigenvalue weighted by Crippen LogP contribution is 2.27. The van der Waals surface area contributed by atoms with Crippen molar-refractivity contribution in [3.05, 3.63) is 29.8 Å². The highest BCUT2D eigenvalue weighted by molar-refractivity contribution is 7.99. The van der Waals surface area contributed by atoms with Gasteiger partial charge in [-0.15, -0.1) is 0 Å². The van der Waals surface area contributed by atoms with Crippen molar-refractivity contribution in [2.24, 2.45) is 0 Å². The summed E-state index contributed by atoms with van der Waals surface area (Å²) in [5.74, 6) is 2.36. The molecule has 0 radical (unpaired) electrons. The lowest BCUT2D eigenvalue weighted by molar-refractivity contribution is -0.122. The van der Waals surface area contributed by atoms with Gasteiger partial charge in [-0.3, -0.25) is 9.59 Å². The smallest absolute Gasteiger partial charge is 0.227 e. The van der Waals surface area contributed by atoms with Gasteiger partial charge in [0.05, 0.1) is 0 Å². The fraction of sp³-hybridized carbons (Fsp3) is 0.556. The predicted octanol–water partition coefficient (Wildman–Crippen LogP) is 1.57. The van der Waals surface area contributed by atoms with E-state index in [0.29, 0.717) is 25.8 Å². The minimum atomic E-state index is 0.0777. The van der Waals surface area contributed by atoms with E-state index in [0.717, 1.165) is 36.7 Å². The molecule has 5 nitrogen and oxygen atoms in total. The molecule has 1 saturated heterocycles. The summed E-state index contributed by atoms with van der Waals surface area (Å²) in [6.07, 6.45) is 2.63. The van der Waals surface area contributed by atoms with Crippen LogP contribution in [0.4, 0.5) is 5.69 Å². The summed E-state index contributed by atoms with van der Waals surface area (Å²) in [4.78, 5) is 26.2. The molecule has 1 unspecified atom stereocenters. The van der Waals surface area contributed by atoms with Crippen LogP contribution in [0.15, 0.2) is 24.3 Å². The third kappa shape index (κ3) is 4.51. The molecule has 1 atom stereocenters. The number of hydrogen-bond acceptors (Lipinski definition) is 4. The molecule has 0 saturated carbocycles.